The number of rotatable bonds is 5. The van der Waals surface area contributed by atoms with Gasteiger partial charge in [0.15, 0.2) is 0 Å². The Labute approximate surface area is 92.8 Å². The van der Waals surface area contributed by atoms with Crippen molar-refractivity contribution in [2.24, 2.45) is 0 Å². The molecule has 14 heavy (non-hydrogen) atoms. The van der Waals surface area contributed by atoms with E-state index in [2.05, 4.69) is 28.7 Å². The summed E-state index contributed by atoms with van der Waals surface area (Å²) in [5.41, 5.74) is 0. The van der Waals surface area contributed by atoms with Crippen molar-refractivity contribution in [1.82, 2.24) is 10.2 Å². The number of nitrogens with zero attached hydrogens (tertiary/aromatic N) is 2. The predicted molar refractivity (Wildman–Crippen MR) is 60.0 cm³/mol. The van der Waals surface area contributed by atoms with Crippen LogP contribution in [0.5, 0.6) is 0 Å². The highest BCUT2D eigenvalue weighted by molar-refractivity contribution is 7.98. The molecule has 6 heteroatoms. The molecule has 0 saturated heterocycles. The predicted octanol–water partition coefficient (Wildman–Crippen LogP) is 2.53. The zero-order chi connectivity index (χ0) is 10.6. The summed E-state index contributed by atoms with van der Waals surface area (Å²) in [4.78, 5) is 0. The van der Waals surface area contributed by atoms with Crippen LogP contribution in [0.2, 0.25) is 0 Å². The second-order valence-corrected chi connectivity index (χ2v) is 4.63. The number of thioether (sulfide) groups is 1. The quantitative estimate of drug-likeness (QED) is 0.795. The summed E-state index contributed by atoms with van der Waals surface area (Å²) < 4.78 is 5.29. The number of hydrogen-bond acceptors (Lipinski definition) is 5. The van der Waals surface area contributed by atoms with Gasteiger partial charge in [-0.2, -0.15) is 11.8 Å². The third-order valence-electron chi connectivity index (χ3n) is 1.57. The highest BCUT2D eigenvalue weighted by Crippen LogP contribution is 2.19. The molecule has 0 radical (unpaired) electrons. The molecule has 80 valence electrons. The van der Waals surface area contributed by atoms with Crippen LogP contribution in [0.25, 0.3) is 0 Å². The number of nitrogens with one attached hydrogen (secondary N) is 1. The average molecular weight is 236 g/mol. The van der Waals surface area contributed by atoms with Gasteiger partial charge >= 0.3 is 6.01 Å². The number of anilines is 1. The highest BCUT2D eigenvalue weighted by Gasteiger charge is 2.12. The fraction of sp³-hybridized carbons (Fsp3) is 0.750. The smallest absolute Gasteiger partial charge is 0.315 e. The molecule has 4 nitrogen and oxygen atoms in total. The summed E-state index contributed by atoms with van der Waals surface area (Å²) in [5.74, 6) is 1.44. The Morgan fingerprint density at radius 3 is 2.71 bits per heavy atom. The summed E-state index contributed by atoms with van der Waals surface area (Å²) in [6.45, 7) is 3.86. The van der Waals surface area contributed by atoms with E-state index < -0.39 is 0 Å². The lowest BCUT2D eigenvalue weighted by atomic mass is 10.4. The zero-order valence-electron chi connectivity index (χ0n) is 8.45. The van der Waals surface area contributed by atoms with Crippen LogP contribution < -0.4 is 5.32 Å². The molecule has 0 spiro atoms. The molecular formula is C8H14ClN3OS. The Balaban J connectivity index is 2.51. The Morgan fingerprint density at radius 1 is 1.50 bits per heavy atom. The fourth-order valence-corrected chi connectivity index (χ4v) is 1.63. The maximum Gasteiger partial charge on any atom is 0.315 e. The molecule has 1 aromatic rings. The Hall–Kier alpha value is -0.420. The third kappa shape index (κ3) is 3.38. The molecule has 0 aromatic carbocycles. The molecule has 0 saturated carbocycles. The van der Waals surface area contributed by atoms with Crippen molar-refractivity contribution in [2.45, 2.75) is 25.3 Å². The monoisotopic (exact) mass is 235 g/mol. The fourth-order valence-electron chi connectivity index (χ4n) is 0.956. The molecule has 0 aliphatic heterocycles. The lowest BCUT2D eigenvalue weighted by Crippen LogP contribution is -2.17. The van der Waals surface area contributed by atoms with Crippen molar-refractivity contribution in [1.29, 1.82) is 0 Å². The molecule has 0 fully saturated rings. The van der Waals surface area contributed by atoms with Crippen LogP contribution in [-0.2, 0) is 0 Å². The molecule has 1 aromatic heterocycles. The summed E-state index contributed by atoms with van der Waals surface area (Å²) in [5, 5.41) is 10.5. The van der Waals surface area contributed by atoms with Gasteiger partial charge in [0.1, 0.15) is 5.38 Å². The minimum absolute atomic E-state index is 0.242. The molecule has 1 heterocycles. The van der Waals surface area contributed by atoms with Gasteiger partial charge in [0.05, 0.1) is 0 Å². The van der Waals surface area contributed by atoms with Gasteiger partial charge in [0.2, 0.25) is 5.89 Å². The Kier molecular flexibility index (Phi) is 4.54. The van der Waals surface area contributed by atoms with Crippen molar-refractivity contribution in [3.8, 4) is 0 Å². The first kappa shape index (κ1) is 11.7. The van der Waals surface area contributed by atoms with Gasteiger partial charge in [0.25, 0.3) is 0 Å². The maximum atomic E-state index is 5.79. The van der Waals surface area contributed by atoms with E-state index in [-0.39, 0.29) is 5.38 Å². The van der Waals surface area contributed by atoms with Crippen LogP contribution >= 0.6 is 23.4 Å². The van der Waals surface area contributed by atoms with Gasteiger partial charge in [-0.1, -0.05) is 5.10 Å². The lowest BCUT2D eigenvalue weighted by Gasteiger charge is -2.08. The van der Waals surface area contributed by atoms with Gasteiger partial charge in [-0.25, -0.2) is 0 Å². The van der Waals surface area contributed by atoms with Crippen molar-refractivity contribution in [3.05, 3.63) is 5.89 Å². The molecule has 0 aliphatic rings. The topological polar surface area (TPSA) is 51.0 Å². The van der Waals surface area contributed by atoms with Gasteiger partial charge in [0, 0.05) is 11.8 Å². The van der Waals surface area contributed by atoms with E-state index in [0.29, 0.717) is 17.9 Å². The Morgan fingerprint density at radius 2 is 2.21 bits per heavy atom. The average Bonchev–Trinajstić information content (AvgIpc) is 2.53. The van der Waals surface area contributed by atoms with Crippen LogP contribution in [0.4, 0.5) is 6.01 Å². The van der Waals surface area contributed by atoms with Crippen LogP contribution in [0.3, 0.4) is 0 Å². The Bertz CT molecular complexity index is 279. The van der Waals surface area contributed by atoms with Crippen molar-refractivity contribution >= 4 is 29.4 Å². The third-order valence-corrected chi connectivity index (χ3v) is 2.59. The van der Waals surface area contributed by atoms with E-state index in [0.717, 1.165) is 5.75 Å². The summed E-state index contributed by atoms with van der Waals surface area (Å²) >= 11 is 7.55. The van der Waals surface area contributed by atoms with E-state index in [4.69, 9.17) is 16.0 Å². The minimum atomic E-state index is -0.242. The molecule has 2 unspecified atom stereocenters. The van der Waals surface area contributed by atoms with Gasteiger partial charge in [-0.05, 0) is 20.1 Å². The number of aromatic nitrogens is 2. The molecule has 2 atom stereocenters. The van der Waals surface area contributed by atoms with Crippen molar-refractivity contribution in [3.63, 3.8) is 0 Å². The first-order valence-corrected chi connectivity index (χ1v) is 6.19. The van der Waals surface area contributed by atoms with Crippen LogP contribution in [-0.4, -0.2) is 28.2 Å². The minimum Gasteiger partial charge on any atom is -0.406 e. The summed E-state index contributed by atoms with van der Waals surface area (Å²) in [6, 6.07) is 0.748. The van der Waals surface area contributed by atoms with E-state index in [9.17, 15) is 0 Å². The maximum absolute atomic E-state index is 5.79. The van der Waals surface area contributed by atoms with E-state index >= 15 is 0 Å². The first-order chi connectivity index (χ1) is 6.63. The van der Waals surface area contributed by atoms with E-state index in [1.807, 2.05) is 0 Å². The van der Waals surface area contributed by atoms with Crippen molar-refractivity contribution < 1.29 is 4.42 Å². The first-order valence-electron chi connectivity index (χ1n) is 4.36. The van der Waals surface area contributed by atoms with Crippen LogP contribution in [0, 0.1) is 0 Å². The summed E-state index contributed by atoms with van der Waals surface area (Å²) in [6.07, 6.45) is 2.05. The normalized spacial score (nSPS) is 15.1. The van der Waals surface area contributed by atoms with Crippen molar-refractivity contribution in [2.75, 3.05) is 17.3 Å². The molecule has 0 amide bonds. The van der Waals surface area contributed by atoms with Gasteiger partial charge in [-0.3, -0.25) is 0 Å². The molecule has 1 N–H and O–H groups in total. The second-order valence-electron chi connectivity index (χ2n) is 3.06. The molecule has 0 aliphatic carbocycles. The molecule has 0 bridgehead atoms. The zero-order valence-corrected chi connectivity index (χ0v) is 10.0. The van der Waals surface area contributed by atoms with Crippen LogP contribution in [0.1, 0.15) is 25.1 Å². The second kappa shape index (κ2) is 5.46. The van der Waals surface area contributed by atoms with Gasteiger partial charge in [-0.15, -0.1) is 16.7 Å². The molecule has 1 rings (SSSR count). The van der Waals surface area contributed by atoms with Crippen LogP contribution in [0.15, 0.2) is 4.42 Å². The lowest BCUT2D eigenvalue weighted by molar-refractivity contribution is 0.503. The van der Waals surface area contributed by atoms with E-state index in [1.54, 1.807) is 18.7 Å². The number of hydrogen-bond donors (Lipinski definition) is 1. The number of halogens is 1. The number of alkyl halides is 1. The standard InChI is InChI=1S/C8H14ClN3OS/c1-5(4-14-3)10-8-12-11-7(13-8)6(2)9/h5-6H,4H2,1-3H3,(H,10,12). The highest BCUT2D eigenvalue weighted by atomic mass is 35.5. The molecular weight excluding hydrogens is 222 g/mol. The SMILES string of the molecule is CSCC(C)Nc1nnc(C(C)Cl)o1. The van der Waals surface area contributed by atoms with E-state index in [1.165, 1.54) is 0 Å². The summed E-state index contributed by atoms with van der Waals surface area (Å²) in [7, 11) is 0. The largest absolute Gasteiger partial charge is 0.406 e. The van der Waals surface area contributed by atoms with Gasteiger partial charge < -0.3 is 9.73 Å².